The molecule has 0 aromatic heterocycles. The molecule has 0 spiro atoms. The van der Waals surface area contributed by atoms with Crippen LogP contribution in [0, 0.1) is 0 Å². The van der Waals surface area contributed by atoms with E-state index in [0.29, 0.717) is 6.42 Å². The third kappa shape index (κ3) is 2.40. The van der Waals surface area contributed by atoms with Crippen molar-refractivity contribution in [3.63, 3.8) is 0 Å². The summed E-state index contributed by atoms with van der Waals surface area (Å²) in [6, 6.07) is 8.93. The molecule has 1 aliphatic rings. The molecular formula is C13H15N3O2. The molecule has 1 aromatic carbocycles. The Balaban J connectivity index is 2.15. The summed E-state index contributed by atoms with van der Waals surface area (Å²) >= 11 is 0. The molecule has 5 nitrogen and oxygen atoms in total. The predicted octanol–water partition coefficient (Wildman–Crippen LogP) is 1.69. The van der Waals surface area contributed by atoms with Crippen molar-refractivity contribution in [2.75, 3.05) is 7.05 Å². The second-order valence-electron chi connectivity index (χ2n) is 4.29. The topological polar surface area (TPSA) is 53.0 Å². The fourth-order valence-corrected chi connectivity index (χ4v) is 1.76. The van der Waals surface area contributed by atoms with Gasteiger partial charge in [-0.05, 0) is 12.5 Å². The molecule has 94 valence electrons. The van der Waals surface area contributed by atoms with Gasteiger partial charge in [-0.3, -0.25) is 9.69 Å². The van der Waals surface area contributed by atoms with Crippen molar-refractivity contribution in [1.29, 1.82) is 0 Å². The number of urea groups is 1. The average Bonchev–Trinajstić information content (AvgIpc) is 2.37. The number of hydrazone groups is 1. The summed E-state index contributed by atoms with van der Waals surface area (Å²) in [4.78, 5) is 24.4. The maximum absolute atomic E-state index is 11.9. The Morgan fingerprint density at radius 1 is 1.28 bits per heavy atom. The molecule has 0 aliphatic carbocycles. The van der Waals surface area contributed by atoms with E-state index < -0.39 is 0 Å². The molecule has 1 unspecified atom stereocenters. The smallest absolute Gasteiger partial charge is 0.274 e. The predicted molar refractivity (Wildman–Crippen MR) is 68.1 cm³/mol. The number of rotatable bonds is 2. The lowest BCUT2D eigenvalue weighted by atomic mass is 10.2. The van der Waals surface area contributed by atoms with Gasteiger partial charge in [-0.1, -0.05) is 30.3 Å². The van der Waals surface area contributed by atoms with Gasteiger partial charge in [0.1, 0.15) is 0 Å². The van der Waals surface area contributed by atoms with Crippen LogP contribution in [0.1, 0.15) is 18.9 Å². The maximum Gasteiger partial charge on any atom is 0.347 e. The second-order valence-corrected chi connectivity index (χ2v) is 4.29. The van der Waals surface area contributed by atoms with Crippen LogP contribution in [-0.4, -0.2) is 41.2 Å². The zero-order valence-electron chi connectivity index (χ0n) is 10.4. The summed E-state index contributed by atoms with van der Waals surface area (Å²) in [6.07, 6.45) is 1.92. The van der Waals surface area contributed by atoms with Crippen LogP contribution in [0.25, 0.3) is 0 Å². The molecule has 0 N–H and O–H groups in total. The van der Waals surface area contributed by atoms with E-state index in [4.69, 9.17) is 0 Å². The number of hydrogen-bond acceptors (Lipinski definition) is 3. The van der Waals surface area contributed by atoms with Gasteiger partial charge in [-0.2, -0.15) is 5.10 Å². The Morgan fingerprint density at radius 3 is 2.61 bits per heavy atom. The van der Waals surface area contributed by atoms with E-state index in [-0.39, 0.29) is 18.0 Å². The molecule has 5 heteroatoms. The second kappa shape index (κ2) is 5.00. The highest BCUT2D eigenvalue weighted by atomic mass is 16.2. The standard InChI is InChI=1S/C13H15N3O2/c1-10-8-12(17)15(2)13(18)16(10)14-9-11-6-4-3-5-7-11/h3-7,9-10H,8H2,1-2H3. The largest absolute Gasteiger partial charge is 0.347 e. The summed E-state index contributed by atoms with van der Waals surface area (Å²) in [5, 5.41) is 5.51. The van der Waals surface area contributed by atoms with E-state index in [2.05, 4.69) is 5.10 Å². The summed E-state index contributed by atoms with van der Waals surface area (Å²) in [7, 11) is 1.47. The van der Waals surface area contributed by atoms with Gasteiger partial charge in [0, 0.05) is 13.5 Å². The van der Waals surface area contributed by atoms with Crippen LogP contribution in [-0.2, 0) is 4.79 Å². The van der Waals surface area contributed by atoms with E-state index in [1.807, 2.05) is 37.3 Å². The van der Waals surface area contributed by atoms with Crippen molar-refractivity contribution in [3.8, 4) is 0 Å². The fraction of sp³-hybridized carbons (Fsp3) is 0.308. The van der Waals surface area contributed by atoms with Gasteiger partial charge in [-0.25, -0.2) is 9.80 Å². The highest BCUT2D eigenvalue weighted by Gasteiger charge is 2.34. The van der Waals surface area contributed by atoms with Crippen LogP contribution in [0.2, 0.25) is 0 Å². The van der Waals surface area contributed by atoms with Gasteiger partial charge in [-0.15, -0.1) is 0 Å². The fourth-order valence-electron chi connectivity index (χ4n) is 1.76. The number of amides is 3. The number of imide groups is 1. The van der Waals surface area contributed by atoms with E-state index in [9.17, 15) is 9.59 Å². The SMILES string of the molecule is CC1CC(=O)N(C)C(=O)N1N=Cc1ccccc1. The molecule has 0 radical (unpaired) electrons. The molecular weight excluding hydrogens is 230 g/mol. The van der Waals surface area contributed by atoms with Gasteiger partial charge < -0.3 is 0 Å². The summed E-state index contributed by atoms with van der Waals surface area (Å²) in [5.74, 6) is -0.168. The van der Waals surface area contributed by atoms with Crippen LogP contribution < -0.4 is 0 Å². The third-order valence-electron chi connectivity index (χ3n) is 2.88. The molecule has 0 bridgehead atoms. The minimum atomic E-state index is -0.383. The summed E-state index contributed by atoms with van der Waals surface area (Å²) in [5.41, 5.74) is 0.914. The number of carbonyl (C=O) groups excluding carboxylic acids is 2. The molecule has 0 saturated carbocycles. The van der Waals surface area contributed by atoms with E-state index in [0.717, 1.165) is 10.5 Å². The van der Waals surface area contributed by atoms with Crippen molar-refractivity contribution in [2.24, 2.45) is 5.10 Å². The Morgan fingerprint density at radius 2 is 1.94 bits per heavy atom. The first-order valence-electron chi connectivity index (χ1n) is 5.78. The van der Waals surface area contributed by atoms with Gasteiger partial charge >= 0.3 is 6.03 Å². The zero-order valence-corrected chi connectivity index (χ0v) is 10.4. The lowest BCUT2D eigenvalue weighted by molar-refractivity contribution is -0.131. The molecule has 1 saturated heterocycles. The third-order valence-corrected chi connectivity index (χ3v) is 2.88. The van der Waals surface area contributed by atoms with Crippen molar-refractivity contribution in [2.45, 2.75) is 19.4 Å². The number of nitrogens with zero attached hydrogens (tertiary/aromatic N) is 3. The normalized spacial score (nSPS) is 20.9. The quantitative estimate of drug-likeness (QED) is 0.744. The number of carbonyl (C=O) groups is 2. The first-order chi connectivity index (χ1) is 8.59. The minimum absolute atomic E-state index is 0.168. The van der Waals surface area contributed by atoms with Crippen molar-refractivity contribution < 1.29 is 9.59 Å². The average molecular weight is 245 g/mol. The summed E-state index contributed by atoms with van der Waals surface area (Å²) in [6.45, 7) is 1.81. The lowest BCUT2D eigenvalue weighted by Gasteiger charge is -2.33. The Kier molecular flexibility index (Phi) is 3.41. The van der Waals surface area contributed by atoms with Gasteiger partial charge in [0.2, 0.25) is 5.91 Å². The van der Waals surface area contributed by atoms with Crippen LogP contribution >= 0.6 is 0 Å². The molecule has 1 aliphatic heterocycles. The Hall–Kier alpha value is -2.17. The van der Waals surface area contributed by atoms with E-state index in [1.54, 1.807) is 6.21 Å². The molecule has 2 rings (SSSR count). The first-order valence-corrected chi connectivity index (χ1v) is 5.78. The molecule has 1 aromatic rings. The highest BCUT2D eigenvalue weighted by Crippen LogP contribution is 2.16. The lowest BCUT2D eigenvalue weighted by Crippen LogP contribution is -2.52. The van der Waals surface area contributed by atoms with Gasteiger partial charge in [0.05, 0.1) is 12.3 Å². The van der Waals surface area contributed by atoms with Crippen LogP contribution in [0.5, 0.6) is 0 Å². The van der Waals surface area contributed by atoms with Gasteiger partial charge in [0.25, 0.3) is 0 Å². The van der Waals surface area contributed by atoms with Crippen LogP contribution in [0.3, 0.4) is 0 Å². The Bertz CT molecular complexity index is 484. The van der Waals surface area contributed by atoms with Gasteiger partial charge in [0.15, 0.2) is 0 Å². The molecule has 1 heterocycles. The van der Waals surface area contributed by atoms with Crippen LogP contribution in [0.4, 0.5) is 4.79 Å². The highest BCUT2D eigenvalue weighted by molar-refractivity contribution is 5.97. The molecule has 3 amide bonds. The monoisotopic (exact) mass is 245 g/mol. The van der Waals surface area contributed by atoms with E-state index in [1.165, 1.54) is 12.1 Å². The summed E-state index contributed by atoms with van der Waals surface area (Å²) < 4.78 is 0. The Labute approximate surface area is 106 Å². The van der Waals surface area contributed by atoms with Crippen molar-refractivity contribution in [3.05, 3.63) is 35.9 Å². The first kappa shape index (κ1) is 12.3. The number of hydrogen-bond donors (Lipinski definition) is 0. The molecule has 18 heavy (non-hydrogen) atoms. The molecule has 1 fully saturated rings. The minimum Gasteiger partial charge on any atom is -0.274 e. The number of benzene rings is 1. The maximum atomic E-state index is 11.9. The van der Waals surface area contributed by atoms with E-state index >= 15 is 0 Å². The van der Waals surface area contributed by atoms with Crippen molar-refractivity contribution >= 4 is 18.2 Å². The zero-order chi connectivity index (χ0) is 13.1. The van der Waals surface area contributed by atoms with Crippen molar-refractivity contribution in [1.82, 2.24) is 9.91 Å². The molecule has 1 atom stereocenters. The van der Waals surface area contributed by atoms with Crippen LogP contribution in [0.15, 0.2) is 35.4 Å².